The Kier molecular flexibility index (Phi) is 7.85. The van der Waals surface area contributed by atoms with Crippen LogP contribution in [0, 0.1) is 0 Å². The highest BCUT2D eigenvalue weighted by atomic mass is 32.2. The van der Waals surface area contributed by atoms with Crippen molar-refractivity contribution in [2.24, 2.45) is 5.73 Å². The number of hydrogen-bond donors (Lipinski definition) is 1. The highest BCUT2D eigenvalue weighted by molar-refractivity contribution is 7.99. The standard InChI is InChI=1S/C16H27NO2S/c1-5-6-7-8-20-16-11-14(18-3)13(9-12(2)17)10-15(16)19-4/h10-12H,5-9,17H2,1-4H3/t12-/m0/s1. The molecule has 0 amide bonds. The molecule has 0 heterocycles. The smallest absolute Gasteiger partial charge is 0.132 e. The van der Waals surface area contributed by atoms with Crippen LogP contribution in [0.4, 0.5) is 0 Å². The maximum Gasteiger partial charge on any atom is 0.132 e. The lowest BCUT2D eigenvalue weighted by Gasteiger charge is -2.15. The topological polar surface area (TPSA) is 44.5 Å². The Morgan fingerprint density at radius 1 is 1.15 bits per heavy atom. The number of ether oxygens (including phenoxy) is 2. The van der Waals surface area contributed by atoms with Crippen LogP contribution in [0.25, 0.3) is 0 Å². The van der Waals surface area contributed by atoms with Crippen LogP contribution < -0.4 is 15.2 Å². The highest BCUT2D eigenvalue weighted by Gasteiger charge is 2.12. The summed E-state index contributed by atoms with van der Waals surface area (Å²) in [7, 11) is 3.42. The maximum atomic E-state index is 5.89. The molecule has 0 fully saturated rings. The first-order chi connectivity index (χ1) is 9.62. The van der Waals surface area contributed by atoms with Crippen LogP contribution in [0.3, 0.4) is 0 Å². The summed E-state index contributed by atoms with van der Waals surface area (Å²) in [5, 5.41) is 0. The largest absolute Gasteiger partial charge is 0.496 e. The van der Waals surface area contributed by atoms with E-state index in [2.05, 4.69) is 19.1 Å². The van der Waals surface area contributed by atoms with Gasteiger partial charge in [0, 0.05) is 6.04 Å². The molecule has 0 aliphatic heterocycles. The molecule has 0 spiro atoms. The average molecular weight is 297 g/mol. The summed E-state index contributed by atoms with van der Waals surface area (Å²) >= 11 is 1.83. The Labute approximate surface area is 127 Å². The minimum absolute atomic E-state index is 0.108. The number of hydrogen-bond acceptors (Lipinski definition) is 4. The predicted molar refractivity (Wildman–Crippen MR) is 87.1 cm³/mol. The first kappa shape index (κ1) is 17.2. The fourth-order valence-electron chi connectivity index (χ4n) is 2.09. The third kappa shape index (κ3) is 5.25. The quantitative estimate of drug-likeness (QED) is 0.555. The molecule has 1 rings (SSSR count). The molecule has 0 saturated heterocycles. The predicted octanol–water partition coefficient (Wildman–Crippen LogP) is 3.88. The zero-order valence-corrected chi connectivity index (χ0v) is 13.9. The number of unbranched alkanes of at least 4 members (excludes halogenated alkanes) is 2. The first-order valence-corrected chi connectivity index (χ1v) is 8.24. The van der Waals surface area contributed by atoms with E-state index in [9.17, 15) is 0 Å². The molecule has 0 aromatic heterocycles. The summed E-state index contributed by atoms with van der Waals surface area (Å²) in [5.74, 6) is 2.93. The van der Waals surface area contributed by atoms with Gasteiger partial charge in [0.15, 0.2) is 0 Å². The second kappa shape index (κ2) is 9.14. The number of nitrogens with two attached hydrogens (primary N) is 1. The molecule has 1 aromatic carbocycles. The molecule has 114 valence electrons. The van der Waals surface area contributed by atoms with E-state index in [1.165, 1.54) is 19.3 Å². The van der Waals surface area contributed by atoms with Gasteiger partial charge < -0.3 is 15.2 Å². The van der Waals surface area contributed by atoms with E-state index in [1.807, 2.05) is 18.7 Å². The Morgan fingerprint density at radius 2 is 1.85 bits per heavy atom. The number of benzene rings is 1. The van der Waals surface area contributed by atoms with Crippen LogP contribution in [0.2, 0.25) is 0 Å². The SMILES string of the molecule is CCCCCSc1cc(OC)c(C[C@H](C)N)cc1OC. The van der Waals surface area contributed by atoms with Gasteiger partial charge in [0.2, 0.25) is 0 Å². The van der Waals surface area contributed by atoms with Crippen LogP contribution in [0.15, 0.2) is 17.0 Å². The van der Waals surface area contributed by atoms with Gasteiger partial charge in [0.25, 0.3) is 0 Å². The first-order valence-electron chi connectivity index (χ1n) is 7.25. The van der Waals surface area contributed by atoms with E-state index in [0.717, 1.165) is 34.1 Å². The highest BCUT2D eigenvalue weighted by Crippen LogP contribution is 2.36. The van der Waals surface area contributed by atoms with E-state index in [4.69, 9.17) is 15.2 Å². The maximum absolute atomic E-state index is 5.89. The third-order valence-electron chi connectivity index (χ3n) is 3.11. The van der Waals surface area contributed by atoms with Gasteiger partial charge in [-0.1, -0.05) is 19.8 Å². The molecule has 0 aliphatic rings. The van der Waals surface area contributed by atoms with Gasteiger partial charge in [-0.05, 0) is 43.2 Å². The molecule has 1 aromatic rings. The molecule has 1 atom stereocenters. The van der Waals surface area contributed by atoms with Gasteiger partial charge in [-0.25, -0.2) is 0 Å². The molecule has 4 heteroatoms. The van der Waals surface area contributed by atoms with Crippen molar-refractivity contribution in [3.05, 3.63) is 17.7 Å². The van der Waals surface area contributed by atoms with E-state index in [0.29, 0.717) is 0 Å². The average Bonchev–Trinajstić information content (AvgIpc) is 2.43. The minimum Gasteiger partial charge on any atom is -0.496 e. The monoisotopic (exact) mass is 297 g/mol. The van der Waals surface area contributed by atoms with Crippen molar-refractivity contribution in [2.75, 3.05) is 20.0 Å². The van der Waals surface area contributed by atoms with Crippen molar-refractivity contribution in [1.82, 2.24) is 0 Å². The number of thioether (sulfide) groups is 1. The molecule has 0 aliphatic carbocycles. The second-order valence-corrected chi connectivity index (χ2v) is 6.19. The van der Waals surface area contributed by atoms with E-state index in [-0.39, 0.29) is 6.04 Å². The summed E-state index contributed by atoms with van der Waals surface area (Å²) in [5.41, 5.74) is 7.00. The Morgan fingerprint density at radius 3 is 2.40 bits per heavy atom. The summed E-state index contributed by atoms with van der Waals surface area (Å²) in [6.07, 6.45) is 4.54. The Bertz CT molecular complexity index is 408. The molecule has 0 radical (unpaired) electrons. The zero-order valence-electron chi connectivity index (χ0n) is 13.1. The zero-order chi connectivity index (χ0) is 15.0. The second-order valence-electron chi connectivity index (χ2n) is 5.05. The molecule has 3 nitrogen and oxygen atoms in total. The Hall–Kier alpha value is -0.870. The van der Waals surface area contributed by atoms with Crippen LogP contribution in [0.1, 0.15) is 38.7 Å². The molecule has 0 saturated carbocycles. The van der Waals surface area contributed by atoms with Crippen molar-refractivity contribution in [2.45, 2.75) is 50.5 Å². The van der Waals surface area contributed by atoms with Gasteiger partial charge in [-0.3, -0.25) is 0 Å². The summed E-state index contributed by atoms with van der Waals surface area (Å²) < 4.78 is 11.0. The fourth-order valence-corrected chi connectivity index (χ4v) is 3.13. The molecular formula is C16H27NO2S. The summed E-state index contributed by atoms with van der Waals surface area (Å²) in [6.45, 7) is 4.22. The van der Waals surface area contributed by atoms with E-state index >= 15 is 0 Å². The molecule has 0 unspecified atom stereocenters. The lowest BCUT2D eigenvalue weighted by Crippen LogP contribution is -2.18. The van der Waals surface area contributed by atoms with Crippen molar-refractivity contribution in [3.63, 3.8) is 0 Å². The molecule has 2 N–H and O–H groups in total. The van der Waals surface area contributed by atoms with Crippen molar-refractivity contribution in [1.29, 1.82) is 0 Å². The summed E-state index contributed by atoms with van der Waals surface area (Å²) in [6, 6.07) is 4.24. The van der Waals surface area contributed by atoms with E-state index < -0.39 is 0 Å². The van der Waals surface area contributed by atoms with Gasteiger partial charge in [-0.2, -0.15) is 0 Å². The normalized spacial score (nSPS) is 12.2. The number of methoxy groups -OCH3 is 2. The van der Waals surface area contributed by atoms with E-state index in [1.54, 1.807) is 14.2 Å². The van der Waals surface area contributed by atoms with Crippen LogP contribution in [-0.2, 0) is 6.42 Å². The van der Waals surface area contributed by atoms with Crippen molar-refractivity contribution >= 4 is 11.8 Å². The summed E-state index contributed by atoms with van der Waals surface area (Å²) in [4.78, 5) is 1.15. The Balaban J connectivity index is 2.88. The van der Waals surface area contributed by atoms with Gasteiger partial charge in [-0.15, -0.1) is 11.8 Å². The van der Waals surface area contributed by atoms with Crippen molar-refractivity contribution < 1.29 is 9.47 Å². The lowest BCUT2D eigenvalue weighted by atomic mass is 10.1. The third-order valence-corrected chi connectivity index (χ3v) is 4.24. The minimum atomic E-state index is 0.108. The van der Waals surface area contributed by atoms with Gasteiger partial charge >= 0.3 is 0 Å². The van der Waals surface area contributed by atoms with Gasteiger partial charge in [0.05, 0.1) is 19.1 Å². The van der Waals surface area contributed by atoms with Crippen LogP contribution >= 0.6 is 11.8 Å². The number of rotatable bonds is 9. The van der Waals surface area contributed by atoms with Crippen molar-refractivity contribution in [3.8, 4) is 11.5 Å². The molecular weight excluding hydrogens is 270 g/mol. The molecule has 0 bridgehead atoms. The lowest BCUT2D eigenvalue weighted by molar-refractivity contribution is 0.389. The van der Waals surface area contributed by atoms with Crippen LogP contribution in [-0.4, -0.2) is 26.0 Å². The van der Waals surface area contributed by atoms with Crippen LogP contribution in [0.5, 0.6) is 11.5 Å². The fraction of sp³-hybridized carbons (Fsp3) is 0.625. The molecule has 20 heavy (non-hydrogen) atoms. The van der Waals surface area contributed by atoms with Gasteiger partial charge in [0.1, 0.15) is 11.5 Å².